The summed E-state index contributed by atoms with van der Waals surface area (Å²) in [5, 5.41) is 0. The van der Waals surface area contributed by atoms with Crippen LogP contribution in [0.25, 0.3) is 0 Å². The number of nitrogen functional groups attached to an aromatic ring is 1. The Kier molecular flexibility index (Phi) is 7.54. The minimum absolute atomic E-state index is 0. The zero-order chi connectivity index (χ0) is 14.4. The molecule has 1 amide bonds. The number of ether oxygens (including phenoxy) is 1. The van der Waals surface area contributed by atoms with Gasteiger partial charge in [-0.25, -0.2) is 0 Å². The Morgan fingerprint density at radius 1 is 1.29 bits per heavy atom. The van der Waals surface area contributed by atoms with Crippen molar-refractivity contribution in [1.29, 1.82) is 0 Å². The lowest BCUT2D eigenvalue weighted by Crippen LogP contribution is -2.31. The standard InChI is InChI=1S/C16H24N2O2.ClH/c1-18(9-6-13-7-10-20-11-8-13)16(19)12-14-2-4-15(17)5-3-14;/h2-5,13H,6-12,17H2,1H3;1H. The SMILES string of the molecule is CN(CCC1CCOCC1)C(=O)Cc1ccc(N)cc1.Cl. The number of amides is 1. The minimum Gasteiger partial charge on any atom is -0.399 e. The van der Waals surface area contributed by atoms with E-state index in [0.29, 0.717) is 12.3 Å². The molecule has 5 heteroatoms. The summed E-state index contributed by atoms with van der Waals surface area (Å²) in [6.07, 6.45) is 3.78. The molecule has 0 spiro atoms. The van der Waals surface area contributed by atoms with Gasteiger partial charge in [-0.3, -0.25) is 4.79 Å². The number of hydrogen-bond acceptors (Lipinski definition) is 3. The van der Waals surface area contributed by atoms with Crippen molar-refractivity contribution >= 4 is 24.0 Å². The summed E-state index contributed by atoms with van der Waals surface area (Å²) in [4.78, 5) is 14.0. The number of benzene rings is 1. The predicted octanol–water partition coefficient (Wildman–Crippen LogP) is 2.51. The van der Waals surface area contributed by atoms with Crippen LogP contribution in [-0.2, 0) is 16.0 Å². The molecule has 1 aliphatic rings. The third-order valence-corrected chi connectivity index (χ3v) is 3.97. The van der Waals surface area contributed by atoms with Crippen molar-refractivity contribution in [2.75, 3.05) is 32.5 Å². The van der Waals surface area contributed by atoms with Gasteiger partial charge in [-0.2, -0.15) is 0 Å². The predicted molar refractivity (Wildman–Crippen MR) is 87.6 cm³/mol. The molecule has 0 aromatic heterocycles. The average Bonchev–Trinajstić information content (AvgIpc) is 2.48. The Morgan fingerprint density at radius 3 is 2.52 bits per heavy atom. The normalized spacial score (nSPS) is 15.3. The summed E-state index contributed by atoms with van der Waals surface area (Å²) in [5.41, 5.74) is 7.39. The average molecular weight is 313 g/mol. The van der Waals surface area contributed by atoms with E-state index >= 15 is 0 Å². The van der Waals surface area contributed by atoms with Crippen molar-refractivity contribution in [3.05, 3.63) is 29.8 Å². The highest BCUT2D eigenvalue weighted by molar-refractivity contribution is 5.85. The van der Waals surface area contributed by atoms with Crippen LogP contribution >= 0.6 is 12.4 Å². The lowest BCUT2D eigenvalue weighted by atomic mass is 9.96. The van der Waals surface area contributed by atoms with Gasteiger partial charge in [0.2, 0.25) is 5.91 Å². The number of likely N-dealkylation sites (N-methyl/N-ethyl adjacent to an activating group) is 1. The maximum Gasteiger partial charge on any atom is 0.226 e. The topological polar surface area (TPSA) is 55.6 Å². The first kappa shape index (κ1) is 17.8. The number of carbonyl (C=O) groups is 1. The zero-order valence-corrected chi connectivity index (χ0v) is 13.4. The Morgan fingerprint density at radius 2 is 1.90 bits per heavy atom. The van der Waals surface area contributed by atoms with Gasteiger partial charge in [0.1, 0.15) is 0 Å². The third kappa shape index (κ3) is 5.94. The molecule has 118 valence electrons. The van der Waals surface area contributed by atoms with Crippen molar-refractivity contribution in [3.63, 3.8) is 0 Å². The van der Waals surface area contributed by atoms with Crippen LogP contribution in [0.4, 0.5) is 5.69 Å². The maximum absolute atomic E-state index is 12.1. The Balaban J connectivity index is 0.00000220. The molecule has 0 aliphatic carbocycles. The fraction of sp³-hybridized carbons (Fsp3) is 0.562. The van der Waals surface area contributed by atoms with E-state index < -0.39 is 0 Å². The Bertz CT molecular complexity index is 430. The van der Waals surface area contributed by atoms with Crippen molar-refractivity contribution in [3.8, 4) is 0 Å². The van der Waals surface area contributed by atoms with Crippen LogP contribution in [0.1, 0.15) is 24.8 Å². The fourth-order valence-corrected chi connectivity index (χ4v) is 2.48. The van der Waals surface area contributed by atoms with Gasteiger partial charge in [0.15, 0.2) is 0 Å². The summed E-state index contributed by atoms with van der Waals surface area (Å²) in [6.45, 7) is 2.57. The van der Waals surface area contributed by atoms with Crippen LogP contribution in [0.2, 0.25) is 0 Å². The maximum atomic E-state index is 12.1. The first-order chi connectivity index (χ1) is 9.65. The smallest absolute Gasteiger partial charge is 0.226 e. The van der Waals surface area contributed by atoms with Crippen LogP contribution in [0.15, 0.2) is 24.3 Å². The van der Waals surface area contributed by atoms with Gasteiger partial charge in [0.25, 0.3) is 0 Å². The molecule has 1 aromatic rings. The molecule has 1 heterocycles. The molecule has 1 aromatic carbocycles. The van der Waals surface area contributed by atoms with Crippen LogP contribution in [0.5, 0.6) is 0 Å². The molecule has 0 saturated carbocycles. The van der Waals surface area contributed by atoms with E-state index in [1.807, 2.05) is 36.2 Å². The molecule has 0 unspecified atom stereocenters. The number of halogens is 1. The van der Waals surface area contributed by atoms with E-state index in [-0.39, 0.29) is 18.3 Å². The number of hydrogen-bond donors (Lipinski definition) is 1. The Hall–Kier alpha value is -1.26. The molecular weight excluding hydrogens is 288 g/mol. The van der Waals surface area contributed by atoms with Crippen molar-refractivity contribution < 1.29 is 9.53 Å². The van der Waals surface area contributed by atoms with Gasteiger partial charge in [0, 0.05) is 32.5 Å². The van der Waals surface area contributed by atoms with Gasteiger partial charge in [-0.05, 0) is 42.9 Å². The van der Waals surface area contributed by atoms with Crippen LogP contribution in [-0.4, -0.2) is 37.6 Å². The third-order valence-electron chi connectivity index (χ3n) is 3.97. The van der Waals surface area contributed by atoms with Gasteiger partial charge < -0.3 is 15.4 Å². The number of rotatable bonds is 5. The second-order valence-corrected chi connectivity index (χ2v) is 5.58. The summed E-state index contributed by atoms with van der Waals surface area (Å²) in [5.74, 6) is 0.873. The number of nitrogens with two attached hydrogens (primary N) is 1. The highest BCUT2D eigenvalue weighted by Gasteiger charge is 2.16. The van der Waals surface area contributed by atoms with Crippen LogP contribution in [0, 0.1) is 5.92 Å². The second-order valence-electron chi connectivity index (χ2n) is 5.58. The molecule has 2 N–H and O–H groups in total. The molecule has 21 heavy (non-hydrogen) atoms. The number of nitrogens with zero attached hydrogens (tertiary/aromatic N) is 1. The van der Waals surface area contributed by atoms with Gasteiger partial charge in [-0.15, -0.1) is 12.4 Å². The first-order valence-corrected chi connectivity index (χ1v) is 7.31. The van der Waals surface area contributed by atoms with Gasteiger partial charge in [0.05, 0.1) is 6.42 Å². The van der Waals surface area contributed by atoms with Crippen LogP contribution < -0.4 is 5.73 Å². The first-order valence-electron chi connectivity index (χ1n) is 7.31. The molecule has 0 bridgehead atoms. The van der Waals surface area contributed by atoms with Crippen molar-refractivity contribution in [2.45, 2.75) is 25.7 Å². The molecule has 4 nitrogen and oxygen atoms in total. The quantitative estimate of drug-likeness (QED) is 0.850. The van der Waals surface area contributed by atoms with Gasteiger partial charge >= 0.3 is 0 Å². The molecule has 1 fully saturated rings. The second kappa shape index (κ2) is 8.90. The Labute approximate surface area is 133 Å². The number of carbonyl (C=O) groups excluding carboxylic acids is 1. The van der Waals surface area contributed by atoms with Crippen molar-refractivity contribution in [2.24, 2.45) is 5.92 Å². The lowest BCUT2D eigenvalue weighted by Gasteiger charge is -2.25. The molecular formula is C16H25ClN2O2. The monoisotopic (exact) mass is 312 g/mol. The van der Waals surface area contributed by atoms with E-state index in [2.05, 4.69) is 0 Å². The largest absolute Gasteiger partial charge is 0.399 e. The summed E-state index contributed by atoms with van der Waals surface area (Å²) in [7, 11) is 1.89. The van der Waals surface area contributed by atoms with E-state index in [9.17, 15) is 4.79 Å². The summed E-state index contributed by atoms with van der Waals surface area (Å²) >= 11 is 0. The van der Waals surface area contributed by atoms with Crippen LogP contribution in [0.3, 0.4) is 0 Å². The molecule has 1 aliphatic heterocycles. The molecule has 2 rings (SSSR count). The van der Waals surface area contributed by atoms with E-state index in [0.717, 1.165) is 50.3 Å². The van der Waals surface area contributed by atoms with Crippen molar-refractivity contribution in [1.82, 2.24) is 4.90 Å². The summed E-state index contributed by atoms with van der Waals surface area (Å²) in [6, 6.07) is 7.51. The minimum atomic E-state index is 0. The lowest BCUT2D eigenvalue weighted by molar-refractivity contribution is -0.129. The highest BCUT2D eigenvalue weighted by Crippen LogP contribution is 2.18. The van der Waals surface area contributed by atoms with E-state index in [4.69, 9.17) is 10.5 Å². The number of anilines is 1. The fourth-order valence-electron chi connectivity index (χ4n) is 2.48. The zero-order valence-electron chi connectivity index (χ0n) is 12.6. The van der Waals surface area contributed by atoms with Gasteiger partial charge in [-0.1, -0.05) is 12.1 Å². The molecule has 1 saturated heterocycles. The van der Waals surface area contributed by atoms with E-state index in [1.165, 1.54) is 0 Å². The molecule has 0 atom stereocenters. The summed E-state index contributed by atoms with van der Waals surface area (Å²) < 4.78 is 5.35. The highest BCUT2D eigenvalue weighted by atomic mass is 35.5. The van der Waals surface area contributed by atoms with E-state index in [1.54, 1.807) is 0 Å². The molecule has 0 radical (unpaired) electrons.